The zero-order valence-electron chi connectivity index (χ0n) is 12.3. The monoisotopic (exact) mass is 364 g/mol. The van der Waals surface area contributed by atoms with Crippen molar-refractivity contribution in [2.75, 3.05) is 43.6 Å². The summed E-state index contributed by atoms with van der Waals surface area (Å²) in [5, 5.41) is 3.17. The molecule has 2 aromatic rings. The molecule has 0 spiro atoms. The van der Waals surface area contributed by atoms with Crippen LogP contribution in [0.2, 0.25) is 0 Å². The molecule has 1 aliphatic heterocycles. The third-order valence-electron chi connectivity index (χ3n) is 3.43. The molecule has 0 amide bonds. The van der Waals surface area contributed by atoms with Crippen LogP contribution >= 0.6 is 15.9 Å². The number of morpholine rings is 1. The van der Waals surface area contributed by atoms with Gasteiger partial charge in [0, 0.05) is 37.2 Å². The van der Waals surface area contributed by atoms with Crippen LogP contribution < -0.4 is 15.0 Å². The van der Waals surface area contributed by atoms with Crippen molar-refractivity contribution in [1.29, 1.82) is 0 Å². The fraction of sp³-hybridized carbons (Fsp3) is 0.333. The Bertz CT molecular complexity index is 630. The smallest absolute Gasteiger partial charge is 0.227 e. The molecule has 1 aromatic carbocycles. The van der Waals surface area contributed by atoms with Gasteiger partial charge < -0.3 is 19.7 Å². The number of halogens is 1. The maximum atomic E-state index is 5.49. The Morgan fingerprint density at radius 2 is 1.95 bits per heavy atom. The lowest BCUT2D eigenvalue weighted by Crippen LogP contribution is -2.36. The SMILES string of the molecule is COc1cc(N2CCOCC2)ccc1Nc1ncc(Br)cn1. The van der Waals surface area contributed by atoms with Crippen LogP contribution in [0.15, 0.2) is 35.1 Å². The van der Waals surface area contributed by atoms with Crippen molar-refractivity contribution >= 4 is 33.3 Å². The number of hydrogen-bond donors (Lipinski definition) is 1. The lowest BCUT2D eigenvalue weighted by Gasteiger charge is -2.29. The fourth-order valence-electron chi connectivity index (χ4n) is 2.30. The van der Waals surface area contributed by atoms with Crippen LogP contribution in [0.1, 0.15) is 0 Å². The fourth-order valence-corrected chi connectivity index (χ4v) is 2.50. The molecule has 1 aromatic heterocycles. The van der Waals surface area contributed by atoms with E-state index in [0.717, 1.165) is 47.9 Å². The van der Waals surface area contributed by atoms with Crippen LogP contribution in [0.3, 0.4) is 0 Å². The number of anilines is 3. The Kier molecular flexibility index (Phi) is 4.74. The second-order valence-corrected chi connectivity index (χ2v) is 5.75. The predicted molar refractivity (Wildman–Crippen MR) is 89.0 cm³/mol. The van der Waals surface area contributed by atoms with E-state index >= 15 is 0 Å². The summed E-state index contributed by atoms with van der Waals surface area (Å²) in [6.07, 6.45) is 3.40. The van der Waals surface area contributed by atoms with Crippen LogP contribution in [-0.2, 0) is 4.74 Å². The third-order valence-corrected chi connectivity index (χ3v) is 3.84. The molecule has 3 rings (SSSR count). The standard InChI is InChI=1S/C15H17BrN4O2/c1-21-14-8-12(20-4-6-22-7-5-20)2-3-13(14)19-15-17-9-11(16)10-18-15/h2-3,8-10H,4-7H2,1H3,(H,17,18,19). The van der Waals surface area contributed by atoms with Gasteiger partial charge in [0.15, 0.2) is 0 Å². The number of aromatic nitrogens is 2. The first-order valence-electron chi connectivity index (χ1n) is 7.01. The molecule has 1 aliphatic rings. The molecule has 116 valence electrons. The van der Waals surface area contributed by atoms with E-state index in [2.05, 4.69) is 42.2 Å². The molecular weight excluding hydrogens is 348 g/mol. The van der Waals surface area contributed by atoms with Gasteiger partial charge in [-0.2, -0.15) is 0 Å². The molecular formula is C15H17BrN4O2. The van der Waals surface area contributed by atoms with Gasteiger partial charge in [-0.25, -0.2) is 9.97 Å². The summed E-state index contributed by atoms with van der Waals surface area (Å²) in [5.74, 6) is 1.29. The van der Waals surface area contributed by atoms with Gasteiger partial charge in [0.2, 0.25) is 5.95 Å². The summed E-state index contributed by atoms with van der Waals surface area (Å²) in [5.41, 5.74) is 1.96. The number of benzene rings is 1. The number of hydrogen-bond acceptors (Lipinski definition) is 6. The average molecular weight is 365 g/mol. The summed E-state index contributed by atoms with van der Waals surface area (Å²) in [6.45, 7) is 3.31. The average Bonchev–Trinajstić information content (AvgIpc) is 2.58. The van der Waals surface area contributed by atoms with Crippen molar-refractivity contribution < 1.29 is 9.47 Å². The van der Waals surface area contributed by atoms with Crippen molar-refractivity contribution in [3.63, 3.8) is 0 Å². The van der Waals surface area contributed by atoms with Crippen molar-refractivity contribution in [3.8, 4) is 5.75 Å². The van der Waals surface area contributed by atoms with Crippen LogP contribution in [0.25, 0.3) is 0 Å². The highest BCUT2D eigenvalue weighted by molar-refractivity contribution is 9.10. The number of rotatable bonds is 4. The largest absolute Gasteiger partial charge is 0.494 e. The Morgan fingerprint density at radius 1 is 1.23 bits per heavy atom. The first-order chi connectivity index (χ1) is 10.8. The first-order valence-corrected chi connectivity index (χ1v) is 7.81. The van der Waals surface area contributed by atoms with Crippen molar-refractivity contribution in [1.82, 2.24) is 9.97 Å². The summed E-state index contributed by atoms with van der Waals surface area (Å²) < 4.78 is 11.7. The molecule has 2 heterocycles. The zero-order chi connectivity index (χ0) is 15.4. The molecule has 1 saturated heterocycles. The minimum atomic E-state index is 0.528. The van der Waals surface area contributed by atoms with E-state index in [-0.39, 0.29) is 0 Å². The van der Waals surface area contributed by atoms with Crippen molar-refractivity contribution in [2.45, 2.75) is 0 Å². The summed E-state index contributed by atoms with van der Waals surface area (Å²) in [7, 11) is 1.66. The Balaban J connectivity index is 1.80. The van der Waals surface area contributed by atoms with E-state index in [0.29, 0.717) is 5.95 Å². The molecule has 22 heavy (non-hydrogen) atoms. The van der Waals surface area contributed by atoms with E-state index in [4.69, 9.17) is 9.47 Å². The van der Waals surface area contributed by atoms with E-state index in [9.17, 15) is 0 Å². The number of methoxy groups -OCH3 is 1. The van der Waals surface area contributed by atoms with Gasteiger partial charge >= 0.3 is 0 Å². The highest BCUT2D eigenvalue weighted by atomic mass is 79.9. The van der Waals surface area contributed by atoms with Crippen LogP contribution in [0, 0.1) is 0 Å². The van der Waals surface area contributed by atoms with Gasteiger partial charge in [-0.15, -0.1) is 0 Å². The summed E-state index contributed by atoms with van der Waals surface area (Å²) >= 11 is 3.32. The molecule has 0 atom stereocenters. The van der Waals surface area contributed by atoms with Gasteiger partial charge in [0.25, 0.3) is 0 Å². The van der Waals surface area contributed by atoms with Gasteiger partial charge in [0.1, 0.15) is 5.75 Å². The van der Waals surface area contributed by atoms with Crippen molar-refractivity contribution in [2.24, 2.45) is 0 Å². The zero-order valence-corrected chi connectivity index (χ0v) is 13.8. The molecule has 0 saturated carbocycles. The lowest BCUT2D eigenvalue weighted by atomic mass is 10.2. The Labute approximate surface area is 137 Å². The molecule has 0 unspecified atom stereocenters. The van der Waals surface area contributed by atoms with E-state index in [1.165, 1.54) is 0 Å². The van der Waals surface area contributed by atoms with Crippen molar-refractivity contribution in [3.05, 3.63) is 35.1 Å². The van der Waals surface area contributed by atoms with E-state index < -0.39 is 0 Å². The Hall–Kier alpha value is -1.86. The molecule has 0 bridgehead atoms. The predicted octanol–water partition coefficient (Wildman–Crippen LogP) is 2.83. The van der Waals surface area contributed by atoms with Crippen LogP contribution in [0.4, 0.5) is 17.3 Å². The number of ether oxygens (including phenoxy) is 2. The van der Waals surface area contributed by atoms with E-state index in [1.807, 2.05) is 12.1 Å². The number of nitrogens with one attached hydrogen (secondary N) is 1. The lowest BCUT2D eigenvalue weighted by molar-refractivity contribution is 0.122. The molecule has 1 N–H and O–H groups in total. The highest BCUT2D eigenvalue weighted by Gasteiger charge is 2.14. The molecule has 6 nitrogen and oxygen atoms in total. The van der Waals surface area contributed by atoms with Gasteiger partial charge in [0.05, 0.1) is 30.5 Å². The van der Waals surface area contributed by atoms with Crippen LogP contribution in [-0.4, -0.2) is 43.4 Å². The minimum absolute atomic E-state index is 0.528. The highest BCUT2D eigenvalue weighted by Crippen LogP contribution is 2.31. The van der Waals surface area contributed by atoms with Gasteiger partial charge in [-0.05, 0) is 28.1 Å². The normalized spacial score (nSPS) is 14.7. The molecule has 0 radical (unpaired) electrons. The molecule has 0 aliphatic carbocycles. The van der Waals surface area contributed by atoms with Crippen LogP contribution in [0.5, 0.6) is 5.75 Å². The Morgan fingerprint density at radius 3 is 2.64 bits per heavy atom. The topological polar surface area (TPSA) is 59.5 Å². The quantitative estimate of drug-likeness (QED) is 0.899. The first kappa shape index (κ1) is 15.1. The van der Waals surface area contributed by atoms with E-state index in [1.54, 1.807) is 19.5 Å². The third kappa shape index (κ3) is 3.48. The second-order valence-electron chi connectivity index (χ2n) is 4.83. The van der Waals surface area contributed by atoms with Gasteiger partial charge in [-0.1, -0.05) is 0 Å². The summed E-state index contributed by atoms with van der Waals surface area (Å²) in [4.78, 5) is 10.7. The summed E-state index contributed by atoms with van der Waals surface area (Å²) in [6, 6.07) is 6.07. The maximum Gasteiger partial charge on any atom is 0.227 e. The molecule has 7 heteroatoms. The van der Waals surface area contributed by atoms with Gasteiger partial charge in [-0.3, -0.25) is 0 Å². The minimum Gasteiger partial charge on any atom is -0.494 e. The number of nitrogens with zero attached hydrogens (tertiary/aromatic N) is 3. The molecule has 1 fully saturated rings. The maximum absolute atomic E-state index is 5.49. The second kappa shape index (κ2) is 6.93.